The highest BCUT2D eigenvalue weighted by Gasteiger charge is 2.13. The monoisotopic (exact) mass is 432 g/mol. The number of carbonyl (C=O) groups excluding carboxylic acids is 3. The molecule has 0 radical (unpaired) electrons. The van der Waals surface area contributed by atoms with Crippen molar-refractivity contribution in [1.82, 2.24) is 5.43 Å². The lowest BCUT2D eigenvalue weighted by atomic mass is 10.2. The van der Waals surface area contributed by atoms with Crippen LogP contribution in [0.4, 0.5) is 5.69 Å². The van der Waals surface area contributed by atoms with Crippen molar-refractivity contribution in [3.63, 3.8) is 0 Å². The molecule has 9 nitrogen and oxygen atoms in total. The molecular formula is C20H21ClN4O5. The van der Waals surface area contributed by atoms with Crippen LogP contribution in [0.3, 0.4) is 0 Å². The first-order valence-corrected chi connectivity index (χ1v) is 9.26. The standard InChI is InChI=1S/C20H21ClN4O5/c1-3-29-17-8-13(5-7-16(17)30-11-18(22)26)10-23-25-20(28)19(27)24-14-6-4-12(2)15(21)9-14/h4-10H,3,11H2,1-2H3,(H2,22,26)(H,24,27)(H,25,28)/b23-10+. The Kier molecular flexibility index (Phi) is 8.18. The molecule has 0 spiro atoms. The summed E-state index contributed by atoms with van der Waals surface area (Å²) in [5.74, 6) is -1.74. The number of amides is 3. The molecule has 2 aromatic carbocycles. The van der Waals surface area contributed by atoms with Crippen LogP contribution in [0, 0.1) is 6.92 Å². The van der Waals surface area contributed by atoms with Gasteiger partial charge in [0.25, 0.3) is 5.91 Å². The van der Waals surface area contributed by atoms with Gasteiger partial charge in [-0.05, 0) is 55.3 Å². The molecule has 0 atom stereocenters. The molecule has 0 saturated heterocycles. The number of hydrogen-bond acceptors (Lipinski definition) is 6. The number of benzene rings is 2. The number of nitrogens with two attached hydrogens (primary N) is 1. The van der Waals surface area contributed by atoms with Crippen LogP contribution < -0.4 is 25.9 Å². The van der Waals surface area contributed by atoms with Crippen LogP contribution in [-0.4, -0.2) is 37.1 Å². The number of nitrogens with zero attached hydrogens (tertiary/aromatic N) is 1. The first-order chi connectivity index (χ1) is 14.3. The molecule has 30 heavy (non-hydrogen) atoms. The van der Waals surface area contributed by atoms with Crippen molar-refractivity contribution < 1.29 is 23.9 Å². The lowest BCUT2D eigenvalue weighted by molar-refractivity contribution is -0.136. The zero-order valence-corrected chi connectivity index (χ0v) is 17.2. The van der Waals surface area contributed by atoms with Crippen LogP contribution in [0.25, 0.3) is 0 Å². The maximum atomic E-state index is 11.9. The summed E-state index contributed by atoms with van der Waals surface area (Å²) >= 11 is 5.99. The molecule has 0 aromatic heterocycles. The molecule has 0 aliphatic rings. The third-order valence-electron chi connectivity index (χ3n) is 3.65. The minimum atomic E-state index is -0.950. The topological polar surface area (TPSA) is 132 Å². The average Bonchev–Trinajstić information content (AvgIpc) is 2.70. The summed E-state index contributed by atoms with van der Waals surface area (Å²) in [6, 6.07) is 9.70. The molecule has 10 heteroatoms. The van der Waals surface area contributed by atoms with Gasteiger partial charge in [-0.25, -0.2) is 5.43 Å². The number of hydrazone groups is 1. The Labute approximate surface area is 178 Å². The van der Waals surface area contributed by atoms with Crippen molar-refractivity contribution in [2.75, 3.05) is 18.5 Å². The molecular weight excluding hydrogens is 412 g/mol. The average molecular weight is 433 g/mol. The van der Waals surface area contributed by atoms with Gasteiger partial charge in [-0.1, -0.05) is 17.7 Å². The fourth-order valence-corrected chi connectivity index (χ4v) is 2.40. The van der Waals surface area contributed by atoms with Gasteiger partial charge in [0.15, 0.2) is 18.1 Å². The Morgan fingerprint density at radius 3 is 2.53 bits per heavy atom. The highest BCUT2D eigenvalue weighted by Crippen LogP contribution is 2.28. The maximum Gasteiger partial charge on any atom is 0.329 e. The molecule has 158 valence electrons. The van der Waals surface area contributed by atoms with Crippen molar-refractivity contribution in [3.8, 4) is 11.5 Å². The van der Waals surface area contributed by atoms with Gasteiger partial charge >= 0.3 is 11.8 Å². The van der Waals surface area contributed by atoms with E-state index in [1.54, 1.807) is 43.3 Å². The Hall–Kier alpha value is -3.59. The Morgan fingerprint density at radius 1 is 1.10 bits per heavy atom. The highest BCUT2D eigenvalue weighted by atomic mass is 35.5. The number of aryl methyl sites for hydroxylation is 1. The van der Waals surface area contributed by atoms with E-state index < -0.39 is 17.7 Å². The molecule has 0 saturated carbocycles. The van der Waals surface area contributed by atoms with Gasteiger partial charge in [-0.3, -0.25) is 14.4 Å². The molecule has 0 aliphatic carbocycles. The Balaban J connectivity index is 1.98. The van der Waals surface area contributed by atoms with Gasteiger partial charge in [0.05, 0.1) is 12.8 Å². The lowest BCUT2D eigenvalue weighted by Gasteiger charge is -2.11. The van der Waals surface area contributed by atoms with E-state index in [1.165, 1.54) is 6.21 Å². The second kappa shape index (κ2) is 10.8. The fraction of sp³-hybridized carbons (Fsp3) is 0.200. The van der Waals surface area contributed by atoms with E-state index in [0.717, 1.165) is 5.56 Å². The molecule has 0 aliphatic heterocycles. The number of primary amides is 1. The summed E-state index contributed by atoms with van der Waals surface area (Å²) in [5.41, 5.74) is 9.01. The molecule has 3 amide bonds. The minimum absolute atomic E-state index is 0.287. The third kappa shape index (κ3) is 6.78. The van der Waals surface area contributed by atoms with Crippen LogP contribution in [-0.2, 0) is 14.4 Å². The van der Waals surface area contributed by atoms with E-state index in [9.17, 15) is 14.4 Å². The first kappa shape index (κ1) is 22.7. The van der Waals surface area contributed by atoms with E-state index in [0.29, 0.717) is 34.4 Å². The molecule has 2 rings (SSSR count). The van der Waals surface area contributed by atoms with E-state index in [1.807, 2.05) is 6.92 Å². The first-order valence-electron chi connectivity index (χ1n) is 8.88. The molecule has 4 N–H and O–H groups in total. The Bertz CT molecular complexity index is 978. The summed E-state index contributed by atoms with van der Waals surface area (Å²) < 4.78 is 10.7. The summed E-state index contributed by atoms with van der Waals surface area (Å²) in [7, 11) is 0. The van der Waals surface area contributed by atoms with Crippen LogP contribution in [0.1, 0.15) is 18.1 Å². The van der Waals surface area contributed by atoms with Gasteiger partial charge in [0, 0.05) is 10.7 Å². The van der Waals surface area contributed by atoms with Crippen LogP contribution in [0.2, 0.25) is 5.02 Å². The van der Waals surface area contributed by atoms with Gasteiger partial charge in [-0.2, -0.15) is 5.10 Å². The second-order valence-electron chi connectivity index (χ2n) is 6.01. The predicted octanol–water partition coefficient (Wildman–Crippen LogP) is 2.00. The zero-order chi connectivity index (χ0) is 22.1. The number of hydrogen-bond donors (Lipinski definition) is 3. The maximum absolute atomic E-state index is 11.9. The number of anilines is 1. The van der Waals surface area contributed by atoms with Crippen molar-refractivity contribution in [3.05, 3.63) is 52.5 Å². The highest BCUT2D eigenvalue weighted by molar-refractivity contribution is 6.39. The van der Waals surface area contributed by atoms with Gasteiger partial charge in [0.2, 0.25) is 0 Å². The van der Waals surface area contributed by atoms with Gasteiger partial charge in [-0.15, -0.1) is 0 Å². The van der Waals surface area contributed by atoms with Crippen molar-refractivity contribution >= 4 is 41.2 Å². The van der Waals surface area contributed by atoms with Gasteiger partial charge < -0.3 is 20.5 Å². The number of halogens is 1. The number of rotatable bonds is 8. The number of carbonyl (C=O) groups is 3. The van der Waals surface area contributed by atoms with E-state index >= 15 is 0 Å². The normalized spacial score (nSPS) is 10.5. The summed E-state index contributed by atoms with van der Waals surface area (Å²) in [6.07, 6.45) is 1.33. The van der Waals surface area contributed by atoms with Crippen molar-refractivity contribution in [2.24, 2.45) is 10.8 Å². The molecule has 0 bridgehead atoms. The van der Waals surface area contributed by atoms with Crippen LogP contribution in [0.5, 0.6) is 11.5 Å². The predicted molar refractivity (Wildman–Crippen MR) is 113 cm³/mol. The summed E-state index contributed by atoms with van der Waals surface area (Å²) in [4.78, 5) is 34.7. The quantitative estimate of drug-likeness (QED) is 0.333. The van der Waals surface area contributed by atoms with Crippen molar-refractivity contribution in [1.29, 1.82) is 0 Å². The zero-order valence-electron chi connectivity index (χ0n) is 16.4. The van der Waals surface area contributed by atoms with Gasteiger partial charge in [0.1, 0.15) is 0 Å². The third-order valence-corrected chi connectivity index (χ3v) is 4.06. The van der Waals surface area contributed by atoms with Crippen LogP contribution in [0.15, 0.2) is 41.5 Å². The second-order valence-corrected chi connectivity index (χ2v) is 6.42. The fourth-order valence-electron chi connectivity index (χ4n) is 2.22. The van der Waals surface area contributed by atoms with E-state index in [-0.39, 0.29) is 6.61 Å². The number of ether oxygens (including phenoxy) is 2. The largest absolute Gasteiger partial charge is 0.490 e. The Morgan fingerprint density at radius 2 is 1.87 bits per heavy atom. The van der Waals surface area contributed by atoms with E-state index in [4.69, 9.17) is 26.8 Å². The summed E-state index contributed by atoms with van der Waals surface area (Å²) in [6.45, 7) is 3.69. The molecule has 2 aromatic rings. The van der Waals surface area contributed by atoms with Crippen molar-refractivity contribution in [2.45, 2.75) is 13.8 Å². The minimum Gasteiger partial charge on any atom is -0.490 e. The molecule has 0 unspecified atom stereocenters. The molecule has 0 fully saturated rings. The van der Waals surface area contributed by atoms with E-state index in [2.05, 4.69) is 15.8 Å². The molecule has 0 heterocycles. The SMILES string of the molecule is CCOc1cc(/C=N/NC(=O)C(=O)Nc2ccc(C)c(Cl)c2)ccc1OCC(N)=O. The summed E-state index contributed by atoms with van der Waals surface area (Å²) in [5, 5.41) is 6.66. The lowest BCUT2D eigenvalue weighted by Crippen LogP contribution is -2.32. The van der Waals surface area contributed by atoms with Crippen LogP contribution >= 0.6 is 11.6 Å². The number of nitrogens with one attached hydrogen (secondary N) is 2. The smallest absolute Gasteiger partial charge is 0.329 e.